The SMILES string of the molecule is CCC1CC(Nc2cccc3c(CC(F)(F)F)c(-c4noc(CNC(=O)c5cn(CCC(F)(F)F)nc5OC)n4)sc23)C(F)C(CC)N1. The van der Waals surface area contributed by atoms with Crippen molar-refractivity contribution in [2.45, 2.75) is 95.7 Å². The van der Waals surface area contributed by atoms with E-state index in [0.717, 1.165) is 28.6 Å². The summed E-state index contributed by atoms with van der Waals surface area (Å²) in [5.41, 5.74) is 0.279. The van der Waals surface area contributed by atoms with Crippen molar-refractivity contribution in [2.24, 2.45) is 0 Å². The van der Waals surface area contributed by atoms with Gasteiger partial charge in [0, 0.05) is 24.8 Å². The molecule has 3 N–H and O–H groups in total. The normalized spacial score (nSPS) is 20.3. The van der Waals surface area contributed by atoms with Crippen LogP contribution in [0.1, 0.15) is 61.3 Å². The summed E-state index contributed by atoms with van der Waals surface area (Å²) < 4.78 is 106. The van der Waals surface area contributed by atoms with Gasteiger partial charge in [-0.25, -0.2) is 4.39 Å². The molecular formula is C30H34F7N7O3S. The number of carbonyl (C=O) groups excluding carboxylic acids is 1. The first kappa shape index (κ1) is 35.4. The lowest BCUT2D eigenvalue weighted by molar-refractivity contribution is -0.137. The zero-order chi connectivity index (χ0) is 34.8. The third-order valence-corrected chi connectivity index (χ3v) is 9.36. The van der Waals surface area contributed by atoms with Gasteiger partial charge in [0.05, 0.1) is 47.8 Å². The van der Waals surface area contributed by atoms with Gasteiger partial charge in [-0.15, -0.1) is 16.4 Å². The van der Waals surface area contributed by atoms with E-state index in [4.69, 9.17) is 9.26 Å². The minimum Gasteiger partial charge on any atom is -0.479 e. The Morgan fingerprint density at radius 1 is 1.17 bits per heavy atom. The lowest BCUT2D eigenvalue weighted by Crippen LogP contribution is -2.57. The van der Waals surface area contributed by atoms with Gasteiger partial charge in [0.2, 0.25) is 17.6 Å². The second-order valence-corrected chi connectivity index (χ2v) is 12.5. The number of aryl methyl sites for hydroxylation is 1. The molecule has 262 valence electrons. The highest BCUT2D eigenvalue weighted by atomic mass is 32.1. The monoisotopic (exact) mass is 705 g/mol. The van der Waals surface area contributed by atoms with E-state index < -0.39 is 49.9 Å². The van der Waals surface area contributed by atoms with Crippen LogP contribution in [0.15, 0.2) is 28.9 Å². The number of nitrogens with one attached hydrogen (secondary N) is 3. The Hall–Kier alpha value is -3.93. The van der Waals surface area contributed by atoms with Gasteiger partial charge in [-0.1, -0.05) is 31.1 Å². The fourth-order valence-electron chi connectivity index (χ4n) is 5.72. The number of rotatable bonds is 12. The van der Waals surface area contributed by atoms with Crippen LogP contribution in [0.5, 0.6) is 5.88 Å². The first-order chi connectivity index (χ1) is 22.7. The molecule has 0 aliphatic carbocycles. The number of ether oxygens (including phenoxy) is 1. The Morgan fingerprint density at radius 2 is 1.94 bits per heavy atom. The summed E-state index contributed by atoms with van der Waals surface area (Å²) in [4.78, 5) is 17.1. The van der Waals surface area contributed by atoms with Crippen molar-refractivity contribution in [3.63, 3.8) is 0 Å². The van der Waals surface area contributed by atoms with Crippen molar-refractivity contribution in [3.05, 3.63) is 41.4 Å². The number of halogens is 7. The highest BCUT2D eigenvalue weighted by Crippen LogP contribution is 2.44. The highest BCUT2D eigenvalue weighted by Gasteiger charge is 2.37. The van der Waals surface area contributed by atoms with E-state index in [0.29, 0.717) is 28.6 Å². The minimum atomic E-state index is -4.57. The van der Waals surface area contributed by atoms with Crippen LogP contribution in [-0.4, -0.2) is 69.6 Å². The number of methoxy groups -OCH3 is 1. The molecule has 4 unspecified atom stereocenters. The van der Waals surface area contributed by atoms with Crippen LogP contribution in [0, 0.1) is 0 Å². The lowest BCUT2D eigenvalue weighted by Gasteiger charge is -2.39. The van der Waals surface area contributed by atoms with Gasteiger partial charge in [0.15, 0.2) is 0 Å². The van der Waals surface area contributed by atoms with Gasteiger partial charge >= 0.3 is 12.4 Å². The molecule has 1 saturated heterocycles. The summed E-state index contributed by atoms with van der Waals surface area (Å²) in [6.45, 7) is 3.03. The number of alkyl halides is 7. The molecule has 0 bridgehead atoms. The van der Waals surface area contributed by atoms with Crippen LogP contribution in [0.3, 0.4) is 0 Å². The van der Waals surface area contributed by atoms with Crippen LogP contribution in [-0.2, 0) is 19.5 Å². The van der Waals surface area contributed by atoms with Crippen molar-refractivity contribution >= 4 is 33.0 Å². The molecule has 4 aromatic rings. The number of anilines is 1. The minimum absolute atomic E-state index is 0.0708. The van der Waals surface area contributed by atoms with E-state index in [2.05, 4.69) is 31.2 Å². The number of amides is 1. The van der Waals surface area contributed by atoms with E-state index in [1.807, 2.05) is 13.8 Å². The van der Waals surface area contributed by atoms with Crippen molar-refractivity contribution < 1.29 is 44.8 Å². The standard InChI is InChI=1S/C30H34F7N7O3S/c1-4-15-11-21(23(31)19(5-2)39-15)40-20-8-6-7-16-17(12-30(35,36)37)25(48-24(16)20)26-41-22(47-43-26)13-38-27(45)18-14-44(42-28(18)46-3)10-9-29(32,33)34/h6-8,14-15,19,21,23,39-40H,4-5,9-13H2,1-3H3,(H,38,45). The third-order valence-electron chi connectivity index (χ3n) is 8.09. The molecule has 1 amide bonds. The highest BCUT2D eigenvalue weighted by molar-refractivity contribution is 7.23. The third kappa shape index (κ3) is 8.19. The van der Waals surface area contributed by atoms with Crippen molar-refractivity contribution in [3.8, 4) is 16.6 Å². The number of fused-ring (bicyclic) bond motifs is 1. The smallest absolute Gasteiger partial charge is 0.393 e. The number of aromatic nitrogens is 4. The molecule has 18 heteroatoms. The van der Waals surface area contributed by atoms with E-state index in [9.17, 15) is 31.1 Å². The average Bonchev–Trinajstić information content (AvgIpc) is 3.76. The van der Waals surface area contributed by atoms with E-state index in [1.165, 1.54) is 7.11 Å². The molecule has 1 aliphatic rings. The zero-order valence-electron chi connectivity index (χ0n) is 26.1. The fourth-order valence-corrected chi connectivity index (χ4v) is 6.94. The van der Waals surface area contributed by atoms with E-state index in [-0.39, 0.29) is 52.2 Å². The molecule has 48 heavy (non-hydrogen) atoms. The van der Waals surface area contributed by atoms with E-state index in [1.54, 1.807) is 18.2 Å². The molecule has 10 nitrogen and oxygen atoms in total. The molecule has 1 aromatic carbocycles. The molecule has 4 atom stereocenters. The van der Waals surface area contributed by atoms with Crippen LogP contribution < -0.4 is 20.7 Å². The molecule has 3 aromatic heterocycles. The number of nitrogens with zero attached hydrogens (tertiary/aromatic N) is 4. The lowest BCUT2D eigenvalue weighted by atomic mass is 9.89. The topological polar surface area (TPSA) is 119 Å². The molecule has 0 spiro atoms. The maximum Gasteiger partial charge on any atom is 0.393 e. The molecule has 0 saturated carbocycles. The molecule has 0 radical (unpaired) electrons. The van der Waals surface area contributed by atoms with Crippen molar-refractivity contribution in [1.29, 1.82) is 0 Å². The van der Waals surface area contributed by atoms with Gasteiger partial charge in [-0.2, -0.15) is 31.3 Å². The Bertz CT molecular complexity index is 1720. The van der Waals surface area contributed by atoms with Crippen LogP contribution in [0.4, 0.5) is 36.4 Å². The Balaban J connectivity index is 1.38. The average molecular weight is 706 g/mol. The van der Waals surface area contributed by atoms with Gasteiger partial charge in [0.25, 0.3) is 5.91 Å². The summed E-state index contributed by atoms with van der Waals surface area (Å²) in [7, 11) is 1.20. The summed E-state index contributed by atoms with van der Waals surface area (Å²) >= 11 is 1.02. The fraction of sp³-hybridized carbons (Fsp3) is 0.533. The van der Waals surface area contributed by atoms with Crippen LogP contribution in [0.2, 0.25) is 0 Å². The van der Waals surface area contributed by atoms with Gasteiger partial charge in [-0.3, -0.25) is 9.48 Å². The van der Waals surface area contributed by atoms with Gasteiger partial charge < -0.3 is 25.2 Å². The second kappa shape index (κ2) is 14.3. The molecule has 4 heterocycles. The number of piperidine rings is 1. The summed E-state index contributed by atoms with van der Waals surface area (Å²) in [5, 5.41) is 17.1. The second-order valence-electron chi connectivity index (χ2n) is 11.5. The predicted molar refractivity (Wildman–Crippen MR) is 164 cm³/mol. The number of carbonyl (C=O) groups is 1. The zero-order valence-corrected chi connectivity index (χ0v) is 27.0. The summed E-state index contributed by atoms with van der Waals surface area (Å²) in [6, 6.07) is 4.05. The molecular weight excluding hydrogens is 671 g/mol. The number of hydrogen-bond acceptors (Lipinski definition) is 9. The largest absolute Gasteiger partial charge is 0.479 e. The summed E-state index contributed by atoms with van der Waals surface area (Å²) in [6.07, 6.45) is -9.68. The van der Waals surface area contributed by atoms with Crippen LogP contribution in [0.25, 0.3) is 20.8 Å². The van der Waals surface area contributed by atoms with Gasteiger partial charge in [-0.05, 0) is 36.3 Å². The molecule has 1 fully saturated rings. The van der Waals surface area contributed by atoms with Crippen molar-refractivity contribution in [1.82, 2.24) is 30.6 Å². The first-order valence-corrected chi connectivity index (χ1v) is 16.1. The van der Waals surface area contributed by atoms with E-state index >= 15 is 4.39 Å². The predicted octanol–water partition coefficient (Wildman–Crippen LogP) is 6.81. The number of hydrogen-bond donors (Lipinski definition) is 3. The maximum atomic E-state index is 15.5. The Labute approximate surface area is 274 Å². The number of thiophene rings is 1. The quantitative estimate of drug-likeness (QED) is 0.138. The Morgan fingerprint density at radius 3 is 2.60 bits per heavy atom. The van der Waals surface area contributed by atoms with Crippen molar-refractivity contribution in [2.75, 3.05) is 12.4 Å². The first-order valence-electron chi connectivity index (χ1n) is 15.3. The Kier molecular flexibility index (Phi) is 10.5. The van der Waals surface area contributed by atoms with Gasteiger partial charge in [0.1, 0.15) is 11.7 Å². The summed E-state index contributed by atoms with van der Waals surface area (Å²) in [5.74, 6) is -1.24. The number of benzene rings is 1. The molecule has 5 rings (SSSR count). The molecule has 1 aliphatic heterocycles. The maximum absolute atomic E-state index is 15.5. The van der Waals surface area contributed by atoms with Crippen LogP contribution >= 0.6 is 11.3 Å².